The third-order valence-electron chi connectivity index (χ3n) is 1.95. The van der Waals surface area contributed by atoms with Gasteiger partial charge in [-0.15, -0.1) is 0 Å². The number of hydrogen-bond acceptors (Lipinski definition) is 1. The van der Waals surface area contributed by atoms with Gasteiger partial charge in [-0.2, -0.15) is 0 Å². The van der Waals surface area contributed by atoms with Gasteiger partial charge in [0.05, 0.1) is 5.52 Å². The number of aromatic nitrogens is 1. The fourth-order valence-electron chi connectivity index (χ4n) is 1.25. The lowest BCUT2D eigenvalue weighted by Gasteiger charge is -2.01. The summed E-state index contributed by atoms with van der Waals surface area (Å²) in [5.41, 5.74) is 1.81. The van der Waals surface area contributed by atoms with Gasteiger partial charge in [0, 0.05) is 10.7 Å². The van der Waals surface area contributed by atoms with Gasteiger partial charge in [0.15, 0.2) is 11.0 Å². The van der Waals surface area contributed by atoms with Gasteiger partial charge in [-0.25, -0.2) is 9.37 Å². The largest absolute Gasteiger partial charge is 0.233 e. The van der Waals surface area contributed by atoms with Crippen molar-refractivity contribution in [2.75, 3.05) is 0 Å². The molecule has 0 unspecified atom stereocenters. The Balaban J connectivity index is 2.70. The standard InChI is InChI=1S/C10H6BrClFN/c11-5-6-1-2-7-4-8(13)10(12)14-9(7)3-6/h1-4H,5H2. The van der Waals surface area contributed by atoms with E-state index in [4.69, 9.17) is 11.6 Å². The Labute approximate surface area is 94.0 Å². The van der Waals surface area contributed by atoms with E-state index in [2.05, 4.69) is 20.9 Å². The molecule has 0 aliphatic heterocycles. The summed E-state index contributed by atoms with van der Waals surface area (Å²) in [4.78, 5) is 3.95. The second-order valence-electron chi connectivity index (χ2n) is 2.92. The highest BCUT2D eigenvalue weighted by Crippen LogP contribution is 2.21. The van der Waals surface area contributed by atoms with E-state index in [1.165, 1.54) is 6.07 Å². The number of rotatable bonds is 1. The van der Waals surface area contributed by atoms with Crippen LogP contribution in [0.3, 0.4) is 0 Å². The molecule has 0 aliphatic rings. The highest BCUT2D eigenvalue weighted by Gasteiger charge is 2.04. The number of pyridine rings is 1. The Bertz CT molecular complexity index is 487. The highest BCUT2D eigenvalue weighted by atomic mass is 79.9. The molecule has 0 amide bonds. The van der Waals surface area contributed by atoms with Crippen LogP contribution >= 0.6 is 27.5 Å². The van der Waals surface area contributed by atoms with Crippen molar-refractivity contribution in [3.05, 3.63) is 40.8 Å². The fourth-order valence-corrected chi connectivity index (χ4v) is 1.74. The number of halogens is 3. The third kappa shape index (κ3) is 1.74. The minimum absolute atomic E-state index is 0.0794. The molecule has 0 spiro atoms. The molecule has 1 nitrogen and oxygen atoms in total. The Morgan fingerprint density at radius 2 is 2.14 bits per heavy atom. The molecule has 72 valence electrons. The molecule has 0 fully saturated rings. The van der Waals surface area contributed by atoms with Gasteiger partial charge in [0.1, 0.15) is 0 Å². The third-order valence-corrected chi connectivity index (χ3v) is 2.86. The molecule has 0 radical (unpaired) electrons. The first kappa shape index (κ1) is 9.87. The lowest BCUT2D eigenvalue weighted by molar-refractivity contribution is 0.625. The molecule has 0 saturated heterocycles. The van der Waals surface area contributed by atoms with E-state index in [1.807, 2.05) is 18.2 Å². The van der Waals surface area contributed by atoms with Crippen LogP contribution in [0.2, 0.25) is 5.15 Å². The molecule has 1 aromatic heterocycles. The Morgan fingerprint density at radius 3 is 2.86 bits per heavy atom. The number of alkyl halides is 1. The van der Waals surface area contributed by atoms with E-state index in [1.54, 1.807) is 0 Å². The second-order valence-corrected chi connectivity index (χ2v) is 3.84. The maximum atomic E-state index is 13.0. The quantitative estimate of drug-likeness (QED) is 0.567. The van der Waals surface area contributed by atoms with Crippen LogP contribution in [0.5, 0.6) is 0 Å². The molecule has 0 saturated carbocycles. The zero-order chi connectivity index (χ0) is 10.1. The van der Waals surface area contributed by atoms with Crippen LogP contribution in [0.4, 0.5) is 4.39 Å². The van der Waals surface area contributed by atoms with Gasteiger partial charge in [-0.05, 0) is 17.7 Å². The maximum Gasteiger partial charge on any atom is 0.165 e. The zero-order valence-electron chi connectivity index (χ0n) is 7.10. The number of fused-ring (bicyclic) bond motifs is 1. The monoisotopic (exact) mass is 273 g/mol. The number of nitrogens with zero attached hydrogens (tertiary/aromatic N) is 1. The van der Waals surface area contributed by atoms with Gasteiger partial charge >= 0.3 is 0 Å². The van der Waals surface area contributed by atoms with Gasteiger partial charge in [0.25, 0.3) is 0 Å². The summed E-state index contributed by atoms with van der Waals surface area (Å²) in [5, 5.41) is 1.43. The van der Waals surface area contributed by atoms with Crippen molar-refractivity contribution >= 4 is 38.4 Å². The smallest absolute Gasteiger partial charge is 0.165 e. The van der Waals surface area contributed by atoms with Crippen molar-refractivity contribution in [2.45, 2.75) is 5.33 Å². The molecular formula is C10H6BrClFN. The number of benzene rings is 1. The van der Waals surface area contributed by atoms with E-state index in [9.17, 15) is 4.39 Å². The van der Waals surface area contributed by atoms with Crippen LogP contribution in [0.15, 0.2) is 24.3 Å². The van der Waals surface area contributed by atoms with Gasteiger partial charge in [-0.3, -0.25) is 0 Å². The van der Waals surface area contributed by atoms with E-state index >= 15 is 0 Å². The fraction of sp³-hybridized carbons (Fsp3) is 0.100. The average Bonchev–Trinajstić information content (AvgIpc) is 2.19. The molecule has 0 bridgehead atoms. The van der Waals surface area contributed by atoms with E-state index in [-0.39, 0.29) is 5.15 Å². The van der Waals surface area contributed by atoms with Gasteiger partial charge in [0.2, 0.25) is 0 Å². The van der Waals surface area contributed by atoms with E-state index in [0.29, 0.717) is 5.52 Å². The number of hydrogen-bond donors (Lipinski definition) is 0. The normalized spacial score (nSPS) is 10.8. The molecule has 4 heteroatoms. The lowest BCUT2D eigenvalue weighted by atomic mass is 10.1. The Kier molecular flexibility index (Phi) is 2.70. The van der Waals surface area contributed by atoms with Crippen LogP contribution in [0, 0.1) is 5.82 Å². The van der Waals surface area contributed by atoms with E-state index in [0.717, 1.165) is 16.3 Å². The first-order valence-corrected chi connectivity index (χ1v) is 5.51. The van der Waals surface area contributed by atoms with Crippen LogP contribution in [-0.4, -0.2) is 4.98 Å². The first-order chi connectivity index (χ1) is 6.70. The van der Waals surface area contributed by atoms with Crippen LogP contribution < -0.4 is 0 Å². The minimum atomic E-state index is -0.481. The molecular weight excluding hydrogens is 268 g/mol. The van der Waals surface area contributed by atoms with Crippen LogP contribution in [0.1, 0.15) is 5.56 Å². The van der Waals surface area contributed by atoms with Crippen molar-refractivity contribution in [3.63, 3.8) is 0 Å². The zero-order valence-corrected chi connectivity index (χ0v) is 9.44. The highest BCUT2D eigenvalue weighted by molar-refractivity contribution is 9.08. The predicted molar refractivity (Wildman–Crippen MR) is 59.3 cm³/mol. The Hall–Kier alpha value is -0.670. The lowest BCUT2D eigenvalue weighted by Crippen LogP contribution is -1.86. The summed E-state index contributed by atoms with van der Waals surface area (Å²) in [5.74, 6) is -0.481. The summed E-state index contributed by atoms with van der Waals surface area (Å²) in [6.45, 7) is 0. The first-order valence-electron chi connectivity index (χ1n) is 4.01. The molecule has 2 rings (SSSR count). The van der Waals surface area contributed by atoms with Gasteiger partial charge < -0.3 is 0 Å². The van der Waals surface area contributed by atoms with E-state index < -0.39 is 5.82 Å². The summed E-state index contributed by atoms with van der Waals surface area (Å²) < 4.78 is 13.0. The average molecular weight is 275 g/mol. The van der Waals surface area contributed by atoms with Crippen molar-refractivity contribution in [1.29, 1.82) is 0 Å². The SMILES string of the molecule is Fc1cc2ccc(CBr)cc2nc1Cl. The molecule has 0 N–H and O–H groups in total. The molecule has 0 aliphatic carbocycles. The van der Waals surface area contributed by atoms with Crippen LogP contribution in [0.25, 0.3) is 10.9 Å². The molecule has 1 heterocycles. The summed E-state index contributed by atoms with van der Waals surface area (Å²) in [6, 6.07) is 7.03. The van der Waals surface area contributed by atoms with Crippen molar-refractivity contribution < 1.29 is 4.39 Å². The summed E-state index contributed by atoms with van der Waals surface area (Å²) in [7, 11) is 0. The summed E-state index contributed by atoms with van der Waals surface area (Å²) in [6.07, 6.45) is 0. The van der Waals surface area contributed by atoms with Gasteiger partial charge in [-0.1, -0.05) is 39.7 Å². The van der Waals surface area contributed by atoms with Crippen molar-refractivity contribution in [2.24, 2.45) is 0 Å². The van der Waals surface area contributed by atoms with Crippen molar-refractivity contribution in [1.82, 2.24) is 4.98 Å². The molecule has 14 heavy (non-hydrogen) atoms. The predicted octanol–water partition coefficient (Wildman–Crippen LogP) is 3.92. The topological polar surface area (TPSA) is 12.9 Å². The van der Waals surface area contributed by atoms with Crippen LogP contribution in [-0.2, 0) is 5.33 Å². The molecule has 2 aromatic rings. The minimum Gasteiger partial charge on any atom is -0.233 e. The maximum absolute atomic E-state index is 13.0. The molecule has 0 atom stereocenters. The summed E-state index contributed by atoms with van der Waals surface area (Å²) >= 11 is 8.93. The second kappa shape index (κ2) is 3.83. The molecule has 1 aromatic carbocycles. The Morgan fingerprint density at radius 1 is 1.36 bits per heavy atom. The van der Waals surface area contributed by atoms with Crippen molar-refractivity contribution in [3.8, 4) is 0 Å².